The molecular formula is C19H33N3. The largest absolute Gasteiger partial charge is 0.330 e. The highest BCUT2D eigenvalue weighted by atomic mass is 15.1. The Labute approximate surface area is 136 Å². The Kier molecular flexibility index (Phi) is 7.37. The van der Waals surface area contributed by atoms with Gasteiger partial charge in [0.2, 0.25) is 0 Å². The molecule has 22 heavy (non-hydrogen) atoms. The molecule has 3 N–H and O–H groups in total. The van der Waals surface area contributed by atoms with Gasteiger partial charge in [0.1, 0.15) is 0 Å². The summed E-state index contributed by atoms with van der Waals surface area (Å²) < 4.78 is 0. The predicted molar refractivity (Wildman–Crippen MR) is 94.7 cm³/mol. The lowest BCUT2D eigenvalue weighted by Crippen LogP contribution is -2.41. The Hall–Kier alpha value is -0.900. The summed E-state index contributed by atoms with van der Waals surface area (Å²) in [5, 5.41) is 3.79. The first-order valence-corrected chi connectivity index (χ1v) is 9.01. The maximum Gasteiger partial charge on any atom is 0.0236 e. The van der Waals surface area contributed by atoms with Crippen LogP contribution in [0.2, 0.25) is 0 Å². The van der Waals surface area contributed by atoms with Crippen LogP contribution in [0, 0.1) is 5.92 Å². The van der Waals surface area contributed by atoms with Crippen molar-refractivity contribution in [2.75, 3.05) is 19.6 Å². The number of nitrogens with two attached hydrogens (primary N) is 1. The lowest BCUT2D eigenvalue weighted by molar-refractivity contribution is 0.265. The van der Waals surface area contributed by atoms with E-state index in [0.717, 1.165) is 32.7 Å². The second-order valence-corrected chi connectivity index (χ2v) is 6.50. The SMILES string of the molecule is CCN(CC)Cc1ccccc1CNC1CCCCC1CN. The molecule has 1 aliphatic carbocycles. The third kappa shape index (κ3) is 4.80. The molecule has 0 aliphatic heterocycles. The first-order valence-electron chi connectivity index (χ1n) is 9.01. The minimum Gasteiger partial charge on any atom is -0.330 e. The standard InChI is InChI=1S/C19H33N3/c1-3-22(4-2)15-18-11-6-5-10-17(18)14-21-19-12-8-7-9-16(19)13-20/h5-6,10-11,16,19,21H,3-4,7-9,12-15,20H2,1-2H3. The highest BCUT2D eigenvalue weighted by Gasteiger charge is 2.23. The van der Waals surface area contributed by atoms with Crippen LogP contribution in [-0.4, -0.2) is 30.6 Å². The normalized spacial score (nSPS) is 22.2. The van der Waals surface area contributed by atoms with Crippen molar-refractivity contribution in [1.29, 1.82) is 0 Å². The minimum absolute atomic E-state index is 0.597. The second kappa shape index (κ2) is 9.29. The van der Waals surface area contributed by atoms with E-state index in [0.29, 0.717) is 12.0 Å². The third-order valence-corrected chi connectivity index (χ3v) is 5.17. The molecule has 0 spiro atoms. The molecule has 0 amide bonds. The Morgan fingerprint density at radius 2 is 1.77 bits per heavy atom. The van der Waals surface area contributed by atoms with Crippen LogP contribution in [0.3, 0.4) is 0 Å². The van der Waals surface area contributed by atoms with E-state index in [2.05, 4.69) is 48.3 Å². The maximum absolute atomic E-state index is 5.95. The second-order valence-electron chi connectivity index (χ2n) is 6.50. The van der Waals surface area contributed by atoms with Crippen molar-refractivity contribution in [2.45, 2.75) is 58.7 Å². The van der Waals surface area contributed by atoms with Gasteiger partial charge >= 0.3 is 0 Å². The number of rotatable bonds is 8. The van der Waals surface area contributed by atoms with Crippen LogP contribution in [-0.2, 0) is 13.1 Å². The Balaban J connectivity index is 1.97. The lowest BCUT2D eigenvalue weighted by atomic mass is 9.84. The van der Waals surface area contributed by atoms with Gasteiger partial charge in [-0.25, -0.2) is 0 Å². The average molecular weight is 303 g/mol. The minimum atomic E-state index is 0.597. The number of hydrogen-bond acceptors (Lipinski definition) is 3. The van der Waals surface area contributed by atoms with E-state index in [-0.39, 0.29) is 0 Å². The van der Waals surface area contributed by atoms with Crippen LogP contribution in [0.5, 0.6) is 0 Å². The zero-order valence-corrected chi connectivity index (χ0v) is 14.4. The predicted octanol–water partition coefficient (Wildman–Crippen LogP) is 3.14. The molecule has 1 aliphatic rings. The van der Waals surface area contributed by atoms with Crippen molar-refractivity contribution in [3.05, 3.63) is 35.4 Å². The van der Waals surface area contributed by atoms with Crippen molar-refractivity contribution in [3.8, 4) is 0 Å². The van der Waals surface area contributed by atoms with Gasteiger partial charge in [0.15, 0.2) is 0 Å². The molecular weight excluding hydrogens is 270 g/mol. The zero-order chi connectivity index (χ0) is 15.8. The number of benzene rings is 1. The van der Waals surface area contributed by atoms with Crippen molar-refractivity contribution in [2.24, 2.45) is 11.7 Å². The highest BCUT2D eigenvalue weighted by molar-refractivity contribution is 5.27. The Morgan fingerprint density at radius 1 is 1.09 bits per heavy atom. The van der Waals surface area contributed by atoms with Crippen molar-refractivity contribution in [1.82, 2.24) is 10.2 Å². The first-order chi connectivity index (χ1) is 10.8. The van der Waals surface area contributed by atoms with E-state index in [1.807, 2.05) is 0 Å². The molecule has 2 atom stereocenters. The van der Waals surface area contributed by atoms with Gasteiger partial charge in [-0.1, -0.05) is 51.0 Å². The third-order valence-electron chi connectivity index (χ3n) is 5.17. The molecule has 1 saturated carbocycles. The van der Waals surface area contributed by atoms with E-state index in [1.54, 1.807) is 0 Å². The smallest absolute Gasteiger partial charge is 0.0236 e. The molecule has 3 heteroatoms. The molecule has 3 nitrogen and oxygen atoms in total. The molecule has 0 heterocycles. The summed E-state index contributed by atoms with van der Waals surface area (Å²) in [5.74, 6) is 0.656. The number of nitrogens with zero attached hydrogens (tertiary/aromatic N) is 1. The van der Waals surface area contributed by atoms with E-state index in [4.69, 9.17) is 5.73 Å². The molecule has 2 unspecified atom stereocenters. The van der Waals surface area contributed by atoms with Crippen LogP contribution in [0.1, 0.15) is 50.7 Å². The summed E-state index contributed by atoms with van der Waals surface area (Å²) in [5.41, 5.74) is 8.85. The summed E-state index contributed by atoms with van der Waals surface area (Å²) in [6.07, 6.45) is 5.25. The number of hydrogen-bond donors (Lipinski definition) is 2. The fraction of sp³-hybridized carbons (Fsp3) is 0.684. The van der Waals surface area contributed by atoms with Gasteiger partial charge in [0, 0.05) is 19.1 Å². The Morgan fingerprint density at radius 3 is 2.45 bits per heavy atom. The fourth-order valence-corrected chi connectivity index (χ4v) is 3.57. The molecule has 2 rings (SSSR count). The van der Waals surface area contributed by atoms with Crippen molar-refractivity contribution >= 4 is 0 Å². The van der Waals surface area contributed by atoms with Crippen LogP contribution in [0.25, 0.3) is 0 Å². The molecule has 0 aromatic heterocycles. The highest BCUT2D eigenvalue weighted by Crippen LogP contribution is 2.24. The van der Waals surface area contributed by atoms with Gasteiger partial charge < -0.3 is 11.1 Å². The molecule has 0 radical (unpaired) electrons. The van der Waals surface area contributed by atoms with Gasteiger partial charge in [-0.3, -0.25) is 4.90 Å². The van der Waals surface area contributed by atoms with E-state index >= 15 is 0 Å². The number of nitrogens with one attached hydrogen (secondary N) is 1. The molecule has 1 fully saturated rings. The Bertz CT molecular complexity index is 428. The van der Waals surface area contributed by atoms with Crippen LogP contribution in [0.4, 0.5) is 0 Å². The quantitative estimate of drug-likeness (QED) is 0.775. The van der Waals surface area contributed by atoms with Gasteiger partial charge in [-0.2, -0.15) is 0 Å². The molecule has 1 aromatic carbocycles. The van der Waals surface area contributed by atoms with Gasteiger partial charge in [-0.05, 0) is 49.5 Å². The van der Waals surface area contributed by atoms with Gasteiger partial charge in [0.05, 0.1) is 0 Å². The lowest BCUT2D eigenvalue weighted by Gasteiger charge is -2.32. The summed E-state index contributed by atoms with van der Waals surface area (Å²) in [7, 11) is 0. The fourth-order valence-electron chi connectivity index (χ4n) is 3.57. The zero-order valence-electron chi connectivity index (χ0n) is 14.4. The monoisotopic (exact) mass is 303 g/mol. The van der Waals surface area contributed by atoms with Gasteiger partial charge in [-0.15, -0.1) is 0 Å². The van der Waals surface area contributed by atoms with Crippen LogP contribution < -0.4 is 11.1 Å². The van der Waals surface area contributed by atoms with Crippen LogP contribution >= 0.6 is 0 Å². The van der Waals surface area contributed by atoms with E-state index in [1.165, 1.54) is 36.8 Å². The van der Waals surface area contributed by atoms with Crippen molar-refractivity contribution < 1.29 is 0 Å². The average Bonchev–Trinajstić information content (AvgIpc) is 2.58. The van der Waals surface area contributed by atoms with E-state index < -0.39 is 0 Å². The van der Waals surface area contributed by atoms with Crippen LogP contribution in [0.15, 0.2) is 24.3 Å². The summed E-state index contributed by atoms with van der Waals surface area (Å²) in [4.78, 5) is 2.47. The molecule has 0 saturated heterocycles. The molecule has 1 aromatic rings. The topological polar surface area (TPSA) is 41.3 Å². The first kappa shape index (κ1) is 17.5. The summed E-state index contributed by atoms with van der Waals surface area (Å²) in [6, 6.07) is 9.46. The van der Waals surface area contributed by atoms with Gasteiger partial charge in [0.25, 0.3) is 0 Å². The molecule has 124 valence electrons. The summed E-state index contributed by atoms with van der Waals surface area (Å²) in [6.45, 7) is 9.52. The maximum atomic E-state index is 5.95. The van der Waals surface area contributed by atoms with Crippen molar-refractivity contribution in [3.63, 3.8) is 0 Å². The van der Waals surface area contributed by atoms with E-state index in [9.17, 15) is 0 Å². The molecule has 0 bridgehead atoms. The summed E-state index contributed by atoms with van der Waals surface area (Å²) >= 11 is 0.